The standard InChI is InChI=1S/C15H22N2O/c1-3-15(18)12-13-5-4-6-14(11-13)17-9-7-16(2)8-10-17/h4-6,11H,3,7-10,12H2,1-2H3. The Morgan fingerprint density at radius 1 is 1.22 bits per heavy atom. The molecule has 0 radical (unpaired) electrons. The molecule has 1 saturated heterocycles. The Morgan fingerprint density at radius 3 is 2.61 bits per heavy atom. The predicted octanol–water partition coefficient (Wildman–Crippen LogP) is 1.96. The van der Waals surface area contributed by atoms with Crippen LogP contribution in [-0.2, 0) is 11.2 Å². The van der Waals surface area contributed by atoms with Crippen LogP contribution in [0.3, 0.4) is 0 Å². The lowest BCUT2D eigenvalue weighted by atomic mass is 10.1. The summed E-state index contributed by atoms with van der Waals surface area (Å²) in [6.45, 7) is 6.28. The van der Waals surface area contributed by atoms with E-state index in [-0.39, 0.29) is 0 Å². The van der Waals surface area contributed by atoms with Crippen LogP contribution >= 0.6 is 0 Å². The first-order valence-corrected chi connectivity index (χ1v) is 6.73. The van der Waals surface area contributed by atoms with Crippen LogP contribution in [0, 0.1) is 0 Å². The highest BCUT2D eigenvalue weighted by atomic mass is 16.1. The van der Waals surface area contributed by atoms with Crippen LogP contribution < -0.4 is 4.90 Å². The Labute approximate surface area is 109 Å². The highest BCUT2D eigenvalue weighted by Crippen LogP contribution is 2.18. The monoisotopic (exact) mass is 246 g/mol. The van der Waals surface area contributed by atoms with E-state index < -0.39 is 0 Å². The zero-order chi connectivity index (χ0) is 13.0. The summed E-state index contributed by atoms with van der Waals surface area (Å²) in [6, 6.07) is 8.42. The van der Waals surface area contributed by atoms with Crippen molar-refractivity contribution in [2.45, 2.75) is 19.8 Å². The summed E-state index contributed by atoms with van der Waals surface area (Å²) in [5.41, 5.74) is 2.39. The molecule has 1 fully saturated rings. The fourth-order valence-electron chi connectivity index (χ4n) is 2.28. The molecule has 0 saturated carbocycles. The second-order valence-electron chi connectivity index (χ2n) is 5.03. The molecule has 0 aromatic heterocycles. The van der Waals surface area contributed by atoms with Crippen LogP contribution in [0.1, 0.15) is 18.9 Å². The largest absolute Gasteiger partial charge is 0.369 e. The molecule has 0 spiro atoms. The third-order valence-corrected chi connectivity index (χ3v) is 3.57. The maximum atomic E-state index is 11.5. The topological polar surface area (TPSA) is 23.6 Å². The summed E-state index contributed by atoms with van der Waals surface area (Å²) in [5.74, 6) is 0.311. The van der Waals surface area contributed by atoms with Gasteiger partial charge in [-0.25, -0.2) is 0 Å². The summed E-state index contributed by atoms with van der Waals surface area (Å²) in [6.07, 6.45) is 1.19. The van der Waals surface area contributed by atoms with Gasteiger partial charge in [-0.3, -0.25) is 4.79 Å². The first-order chi connectivity index (χ1) is 8.69. The van der Waals surface area contributed by atoms with E-state index in [9.17, 15) is 4.79 Å². The van der Waals surface area contributed by atoms with Crippen molar-refractivity contribution in [3.05, 3.63) is 29.8 Å². The Morgan fingerprint density at radius 2 is 1.94 bits per heavy atom. The molecule has 2 rings (SSSR count). The fourth-order valence-corrected chi connectivity index (χ4v) is 2.28. The quantitative estimate of drug-likeness (QED) is 0.811. The molecule has 3 heteroatoms. The molecule has 0 aliphatic carbocycles. The number of nitrogens with zero attached hydrogens (tertiary/aromatic N) is 2. The molecule has 1 aromatic carbocycles. The molecule has 98 valence electrons. The van der Waals surface area contributed by atoms with Crippen molar-refractivity contribution < 1.29 is 4.79 Å². The summed E-state index contributed by atoms with van der Waals surface area (Å²) in [7, 11) is 2.16. The molecule has 18 heavy (non-hydrogen) atoms. The number of benzene rings is 1. The minimum Gasteiger partial charge on any atom is -0.369 e. The Kier molecular flexibility index (Phi) is 4.37. The number of anilines is 1. The van der Waals surface area contributed by atoms with E-state index in [1.54, 1.807) is 0 Å². The van der Waals surface area contributed by atoms with Gasteiger partial charge >= 0.3 is 0 Å². The number of hydrogen-bond acceptors (Lipinski definition) is 3. The Balaban J connectivity index is 2.05. The van der Waals surface area contributed by atoms with Crippen LogP contribution in [0.25, 0.3) is 0 Å². The molecule has 1 aliphatic heterocycles. The number of likely N-dealkylation sites (N-methyl/N-ethyl adjacent to an activating group) is 1. The van der Waals surface area contributed by atoms with E-state index in [4.69, 9.17) is 0 Å². The number of carbonyl (C=O) groups excluding carboxylic acids is 1. The van der Waals surface area contributed by atoms with E-state index in [0.717, 1.165) is 31.7 Å². The zero-order valence-electron chi connectivity index (χ0n) is 11.4. The predicted molar refractivity (Wildman–Crippen MR) is 75.2 cm³/mol. The molecule has 1 aliphatic rings. The van der Waals surface area contributed by atoms with E-state index in [0.29, 0.717) is 18.6 Å². The lowest BCUT2D eigenvalue weighted by Crippen LogP contribution is -2.44. The minimum atomic E-state index is 0.311. The van der Waals surface area contributed by atoms with Crippen LogP contribution in [-0.4, -0.2) is 43.9 Å². The number of carbonyl (C=O) groups is 1. The first-order valence-electron chi connectivity index (χ1n) is 6.73. The Bertz CT molecular complexity index is 409. The lowest BCUT2D eigenvalue weighted by molar-refractivity contribution is -0.118. The van der Waals surface area contributed by atoms with Crippen molar-refractivity contribution in [1.29, 1.82) is 0 Å². The first kappa shape index (κ1) is 13.1. The molecule has 1 heterocycles. The number of Topliss-reactive ketones (excluding diaryl/α,β-unsaturated/α-hetero) is 1. The highest BCUT2D eigenvalue weighted by Gasteiger charge is 2.14. The van der Waals surface area contributed by atoms with Crippen LogP contribution in [0.2, 0.25) is 0 Å². The lowest BCUT2D eigenvalue weighted by Gasteiger charge is -2.34. The summed E-state index contributed by atoms with van der Waals surface area (Å²) in [4.78, 5) is 16.2. The van der Waals surface area contributed by atoms with E-state index >= 15 is 0 Å². The van der Waals surface area contributed by atoms with E-state index in [2.05, 4.69) is 35.0 Å². The van der Waals surface area contributed by atoms with Gasteiger partial charge in [0, 0.05) is 44.7 Å². The van der Waals surface area contributed by atoms with Crippen molar-refractivity contribution in [3.63, 3.8) is 0 Å². The molecule has 3 nitrogen and oxygen atoms in total. The second-order valence-corrected chi connectivity index (χ2v) is 5.03. The fraction of sp³-hybridized carbons (Fsp3) is 0.533. The molecule has 0 bridgehead atoms. The van der Waals surface area contributed by atoms with Gasteiger partial charge in [-0.15, -0.1) is 0 Å². The normalized spacial score (nSPS) is 16.9. The molecule has 0 unspecified atom stereocenters. The van der Waals surface area contributed by atoms with Crippen LogP contribution in [0.5, 0.6) is 0 Å². The van der Waals surface area contributed by atoms with Gasteiger partial charge < -0.3 is 9.80 Å². The van der Waals surface area contributed by atoms with Gasteiger partial charge in [0.25, 0.3) is 0 Å². The van der Waals surface area contributed by atoms with Gasteiger partial charge in [-0.05, 0) is 24.7 Å². The number of hydrogen-bond donors (Lipinski definition) is 0. The molecular formula is C15H22N2O. The van der Waals surface area contributed by atoms with Crippen molar-refractivity contribution in [2.75, 3.05) is 38.1 Å². The number of ketones is 1. The zero-order valence-corrected chi connectivity index (χ0v) is 11.4. The van der Waals surface area contributed by atoms with Gasteiger partial charge in [0.05, 0.1) is 0 Å². The average molecular weight is 246 g/mol. The summed E-state index contributed by atoms with van der Waals surface area (Å²) in [5, 5.41) is 0. The van der Waals surface area contributed by atoms with Gasteiger partial charge in [0.15, 0.2) is 0 Å². The van der Waals surface area contributed by atoms with Crippen molar-refractivity contribution in [3.8, 4) is 0 Å². The maximum absolute atomic E-state index is 11.5. The van der Waals surface area contributed by atoms with Crippen molar-refractivity contribution in [1.82, 2.24) is 4.90 Å². The summed E-state index contributed by atoms with van der Waals surface area (Å²) >= 11 is 0. The van der Waals surface area contributed by atoms with Gasteiger partial charge in [0.2, 0.25) is 0 Å². The molecule has 0 N–H and O–H groups in total. The van der Waals surface area contributed by atoms with Crippen molar-refractivity contribution >= 4 is 11.5 Å². The van der Waals surface area contributed by atoms with Crippen LogP contribution in [0.4, 0.5) is 5.69 Å². The third-order valence-electron chi connectivity index (χ3n) is 3.57. The molecule has 0 atom stereocenters. The van der Waals surface area contributed by atoms with Crippen molar-refractivity contribution in [2.24, 2.45) is 0 Å². The van der Waals surface area contributed by atoms with Gasteiger partial charge in [-0.2, -0.15) is 0 Å². The SMILES string of the molecule is CCC(=O)Cc1cccc(N2CCN(C)CC2)c1. The van der Waals surface area contributed by atoms with E-state index in [1.807, 2.05) is 13.0 Å². The highest BCUT2D eigenvalue weighted by molar-refractivity contribution is 5.80. The number of piperazine rings is 1. The number of rotatable bonds is 4. The molecule has 1 aromatic rings. The Hall–Kier alpha value is -1.35. The van der Waals surface area contributed by atoms with Crippen LogP contribution in [0.15, 0.2) is 24.3 Å². The smallest absolute Gasteiger partial charge is 0.136 e. The average Bonchev–Trinajstić information content (AvgIpc) is 2.40. The maximum Gasteiger partial charge on any atom is 0.136 e. The van der Waals surface area contributed by atoms with Gasteiger partial charge in [0.1, 0.15) is 5.78 Å². The molecule has 0 amide bonds. The summed E-state index contributed by atoms with van der Waals surface area (Å²) < 4.78 is 0. The third kappa shape index (κ3) is 3.33. The molecular weight excluding hydrogens is 224 g/mol. The second kappa shape index (κ2) is 6.01. The van der Waals surface area contributed by atoms with Gasteiger partial charge in [-0.1, -0.05) is 19.1 Å². The minimum absolute atomic E-state index is 0.311. The van der Waals surface area contributed by atoms with E-state index in [1.165, 1.54) is 5.69 Å².